The molecule has 7 nitrogen and oxygen atoms in total. The number of carbonyl (C=O) groups is 2. The SMILES string of the molecule is CC(=O)N[C@@H](CC(=O)Nc1nc(-c2ccc3c(c2)OCCO3)cs1)c1cccs1. The number of aromatic nitrogens is 1. The van der Waals surface area contributed by atoms with Crippen molar-refractivity contribution >= 4 is 39.6 Å². The molecule has 0 saturated heterocycles. The van der Waals surface area contributed by atoms with Gasteiger partial charge in [-0.15, -0.1) is 22.7 Å². The van der Waals surface area contributed by atoms with Gasteiger partial charge < -0.3 is 20.1 Å². The molecule has 1 aliphatic rings. The van der Waals surface area contributed by atoms with Gasteiger partial charge in [-0.1, -0.05) is 6.07 Å². The maximum atomic E-state index is 12.5. The molecule has 1 aliphatic heterocycles. The monoisotopic (exact) mass is 429 g/mol. The normalized spacial score (nSPS) is 13.6. The van der Waals surface area contributed by atoms with Gasteiger partial charge in [0, 0.05) is 22.7 Å². The van der Waals surface area contributed by atoms with Crippen LogP contribution in [0.2, 0.25) is 0 Å². The van der Waals surface area contributed by atoms with Crippen molar-refractivity contribution in [3.63, 3.8) is 0 Å². The topological polar surface area (TPSA) is 89.6 Å². The largest absolute Gasteiger partial charge is 0.486 e. The van der Waals surface area contributed by atoms with Crippen molar-refractivity contribution in [3.05, 3.63) is 46.0 Å². The number of hydrogen-bond acceptors (Lipinski definition) is 7. The highest BCUT2D eigenvalue weighted by molar-refractivity contribution is 7.14. The highest BCUT2D eigenvalue weighted by Crippen LogP contribution is 2.35. The molecule has 4 rings (SSSR count). The summed E-state index contributed by atoms with van der Waals surface area (Å²) in [6.07, 6.45) is 0.138. The van der Waals surface area contributed by atoms with Gasteiger partial charge in [0.05, 0.1) is 18.2 Å². The summed E-state index contributed by atoms with van der Waals surface area (Å²) >= 11 is 2.85. The molecule has 29 heavy (non-hydrogen) atoms. The lowest BCUT2D eigenvalue weighted by Crippen LogP contribution is -2.29. The predicted molar refractivity (Wildman–Crippen MR) is 113 cm³/mol. The van der Waals surface area contributed by atoms with E-state index in [1.807, 2.05) is 41.1 Å². The Kier molecular flexibility index (Phi) is 5.77. The smallest absolute Gasteiger partial charge is 0.228 e. The van der Waals surface area contributed by atoms with E-state index >= 15 is 0 Å². The van der Waals surface area contributed by atoms with E-state index in [9.17, 15) is 9.59 Å². The molecule has 0 aliphatic carbocycles. The van der Waals surface area contributed by atoms with Gasteiger partial charge in [0.1, 0.15) is 13.2 Å². The third-order valence-electron chi connectivity index (χ3n) is 4.24. The van der Waals surface area contributed by atoms with E-state index in [-0.39, 0.29) is 24.3 Å². The van der Waals surface area contributed by atoms with Crippen LogP contribution in [0.5, 0.6) is 11.5 Å². The van der Waals surface area contributed by atoms with Gasteiger partial charge >= 0.3 is 0 Å². The Balaban J connectivity index is 1.43. The Morgan fingerprint density at radius 3 is 2.76 bits per heavy atom. The van der Waals surface area contributed by atoms with Gasteiger partial charge in [0.25, 0.3) is 0 Å². The van der Waals surface area contributed by atoms with Crippen molar-refractivity contribution in [1.82, 2.24) is 10.3 Å². The lowest BCUT2D eigenvalue weighted by Gasteiger charge is -2.18. The Labute approximate surface area is 175 Å². The molecule has 2 aromatic heterocycles. The maximum absolute atomic E-state index is 12.5. The minimum Gasteiger partial charge on any atom is -0.486 e. The maximum Gasteiger partial charge on any atom is 0.228 e. The van der Waals surface area contributed by atoms with E-state index in [0.29, 0.717) is 24.1 Å². The number of anilines is 1. The number of thiophene rings is 1. The van der Waals surface area contributed by atoms with Crippen LogP contribution in [0.4, 0.5) is 5.13 Å². The van der Waals surface area contributed by atoms with Crippen LogP contribution in [-0.4, -0.2) is 30.0 Å². The fourth-order valence-corrected chi connectivity index (χ4v) is 4.49. The quantitative estimate of drug-likeness (QED) is 0.621. The molecule has 3 aromatic rings. The highest BCUT2D eigenvalue weighted by atomic mass is 32.1. The van der Waals surface area contributed by atoms with E-state index in [1.165, 1.54) is 29.6 Å². The summed E-state index contributed by atoms with van der Waals surface area (Å²) in [6, 6.07) is 9.11. The molecule has 0 bridgehead atoms. The van der Waals surface area contributed by atoms with Gasteiger partial charge in [-0.3, -0.25) is 9.59 Å². The van der Waals surface area contributed by atoms with Crippen LogP contribution in [0.3, 0.4) is 0 Å². The van der Waals surface area contributed by atoms with Crippen LogP contribution in [0.1, 0.15) is 24.3 Å². The highest BCUT2D eigenvalue weighted by Gasteiger charge is 2.19. The Morgan fingerprint density at radius 1 is 1.17 bits per heavy atom. The molecule has 0 spiro atoms. The summed E-state index contributed by atoms with van der Waals surface area (Å²) in [6.45, 7) is 2.51. The fraction of sp³-hybridized carbons (Fsp3) is 0.250. The van der Waals surface area contributed by atoms with Crippen molar-refractivity contribution in [2.75, 3.05) is 18.5 Å². The van der Waals surface area contributed by atoms with E-state index in [4.69, 9.17) is 9.47 Å². The second-order valence-electron chi connectivity index (χ2n) is 6.42. The Morgan fingerprint density at radius 2 is 2.00 bits per heavy atom. The molecule has 2 amide bonds. The van der Waals surface area contributed by atoms with Crippen LogP contribution < -0.4 is 20.1 Å². The predicted octanol–water partition coefficient (Wildman–Crippen LogP) is 3.85. The van der Waals surface area contributed by atoms with Gasteiger partial charge in [-0.25, -0.2) is 4.98 Å². The molecular weight excluding hydrogens is 410 g/mol. The standard InChI is InChI=1S/C20H19N3O4S2/c1-12(24)21-14(18-3-2-8-28-18)10-19(25)23-20-22-15(11-29-20)13-4-5-16-17(9-13)27-7-6-26-16/h2-5,8-9,11,14H,6-7,10H2,1H3,(H,21,24)(H,22,23,25)/t14-/m0/s1. The van der Waals surface area contributed by atoms with Crippen LogP contribution in [-0.2, 0) is 9.59 Å². The first-order chi connectivity index (χ1) is 14.1. The number of nitrogens with one attached hydrogen (secondary N) is 2. The van der Waals surface area contributed by atoms with Gasteiger partial charge in [-0.05, 0) is 29.6 Å². The zero-order valence-electron chi connectivity index (χ0n) is 15.6. The first kappa shape index (κ1) is 19.4. The number of fused-ring (bicyclic) bond motifs is 1. The second kappa shape index (κ2) is 8.62. The number of thiazole rings is 1. The zero-order valence-corrected chi connectivity index (χ0v) is 17.3. The third-order valence-corrected chi connectivity index (χ3v) is 5.99. The van der Waals surface area contributed by atoms with Crippen molar-refractivity contribution in [2.45, 2.75) is 19.4 Å². The number of amides is 2. The molecule has 2 N–H and O–H groups in total. The molecule has 0 fully saturated rings. The number of benzene rings is 1. The van der Waals surface area contributed by atoms with Gasteiger partial charge in [0.2, 0.25) is 11.8 Å². The molecule has 1 atom stereocenters. The van der Waals surface area contributed by atoms with Gasteiger partial charge in [0.15, 0.2) is 16.6 Å². The molecule has 9 heteroatoms. The molecule has 1 aromatic carbocycles. The summed E-state index contributed by atoms with van der Waals surface area (Å²) in [5.41, 5.74) is 1.64. The summed E-state index contributed by atoms with van der Waals surface area (Å²) in [7, 11) is 0. The molecule has 0 saturated carbocycles. The average molecular weight is 430 g/mol. The third kappa shape index (κ3) is 4.75. The number of nitrogens with zero attached hydrogens (tertiary/aromatic N) is 1. The van der Waals surface area contributed by atoms with Crippen molar-refractivity contribution in [3.8, 4) is 22.8 Å². The van der Waals surface area contributed by atoms with Crippen LogP contribution >= 0.6 is 22.7 Å². The number of carbonyl (C=O) groups excluding carboxylic acids is 2. The molecule has 0 radical (unpaired) electrons. The number of hydrogen-bond donors (Lipinski definition) is 2. The van der Waals surface area contributed by atoms with E-state index < -0.39 is 0 Å². The minimum absolute atomic E-state index is 0.138. The summed E-state index contributed by atoms with van der Waals surface area (Å²) in [4.78, 5) is 29.4. The first-order valence-corrected chi connectivity index (χ1v) is 10.8. The van der Waals surface area contributed by atoms with Crippen LogP contribution in [0.25, 0.3) is 11.3 Å². The van der Waals surface area contributed by atoms with Crippen LogP contribution in [0, 0.1) is 0 Å². The average Bonchev–Trinajstić information content (AvgIpc) is 3.39. The molecule has 150 valence electrons. The van der Waals surface area contributed by atoms with Crippen molar-refractivity contribution < 1.29 is 19.1 Å². The van der Waals surface area contributed by atoms with Crippen molar-refractivity contribution in [2.24, 2.45) is 0 Å². The van der Waals surface area contributed by atoms with E-state index in [2.05, 4.69) is 15.6 Å². The summed E-state index contributed by atoms with van der Waals surface area (Å²) in [5, 5.41) is 9.96. The summed E-state index contributed by atoms with van der Waals surface area (Å²) < 4.78 is 11.2. The summed E-state index contributed by atoms with van der Waals surface area (Å²) in [5.74, 6) is 1.04. The van der Waals surface area contributed by atoms with Crippen molar-refractivity contribution in [1.29, 1.82) is 0 Å². The lowest BCUT2D eigenvalue weighted by atomic mass is 10.1. The number of rotatable bonds is 6. The van der Waals surface area contributed by atoms with E-state index in [0.717, 1.165) is 21.9 Å². The Hall–Kier alpha value is -2.91. The van der Waals surface area contributed by atoms with Gasteiger partial charge in [-0.2, -0.15) is 0 Å². The molecule has 3 heterocycles. The fourth-order valence-electron chi connectivity index (χ4n) is 2.98. The first-order valence-electron chi connectivity index (χ1n) is 9.04. The lowest BCUT2D eigenvalue weighted by molar-refractivity contribution is -0.120. The zero-order chi connectivity index (χ0) is 20.2. The van der Waals surface area contributed by atoms with Crippen LogP contribution in [0.15, 0.2) is 41.1 Å². The van der Waals surface area contributed by atoms with E-state index in [1.54, 1.807) is 0 Å². The molecular formula is C20H19N3O4S2. The molecule has 0 unspecified atom stereocenters. The number of ether oxygens (including phenoxy) is 2. The minimum atomic E-state index is -0.357. The second-order valence-corrected chi connectivity index (χ2v) is 8.25. The Bertz CT molecular complexity index is 1020.